The van der Waals surface area contributed by atoms with E-state index in [1.807, 2.05) is 34.9 Å². The van der Waals surface area contributed by atoms with Crippen LogP contribution in [0.5, 0.6) is 0 Å². The monoisotopic (exact) mass is 300 g/mol. The van der Waals surface area contributed by atoms with Crippen molar-refractivity contribution in [3.8, 4) is 0 Å². The van der Waals surface area contributed by atoms with Crippen molar-refractivity contribution < 1.29 is 9.90 Å². The summed E-state index contributed by atoms with van der Waals surface area (Å²) in [5, 5.41) is 17.3. The van der Waals surface area contributed by atoms with Gasteiger partial charge in [-0.3, -0.25) is 0 Å². The second kappa shape index (κ2) is 6.60. The third kappa shape index (κ3) is 3.27. The second-order valence-corrected chi connectivity index (χ2v) is 5.78. The lowest BCUT2D eigenvalue weighted by Crippen LogP contribution is -2.42. The number of carboxylic acid groups (broad SMARTS) is 1. The molecule has 3 rings (SSSR count). The second-order valence-electron chi connectivity index (χ2n) is 5.78. The lowest BCUT2D eigenvalue weighted by Gasteiger charge is -2.36. The molecule has 0 bridgehead atoms. The van der Waals surface area contributed by atoms with E-state index in [2.05, 4.69) is 10.2 Å². The van der Waals surface area contributed by atoms with Crippen LogP contribution >= 0.6 is 0 Å². The Balaban J connectivity index is 1.72. The smallest absolute Gasteiger partial charge is 0.407 e. The molecule has 0 aliphatic heterocycles. The molecule has 116 valence electrons. The van der Waals surface area contributed by atoms with Gasteiger partial charge in [-0.15, -0.1) is 10.2 Å². The van der Waals surface area contributed by atoms with E-state index in [-0.39, 0.29) is 12.1 Å². The van der Waals surface area contributed by atoms with Crippen molar-refractivity contribution in [1.29, 1.82) is 0 Å². The summed E-state index contributed by atoms with van der Waals surface area (Å²) in [6.45, 7) is 0.440. The first kappa shape index (κ1) is 14.6. The molecule has 1 aromatic carbocycles. The van der Waals surface area contributed by atoms with E-state index in [4.69, 9.17) is 0 Å². The molecular formula is C16H20N4O2. The summed E-state index contributed by atoms with van der Waals surface area (Å²) in [7, 11) is 0. The van der Waals surface area contributed by atoms with Crippen molar-refractivity contribution in [2.24, 2.45) is 0 Å². The minimum atomic E-state index is -0.849. The zero-order valence-electron chi connectivity index (χ0n) is 12.4. The van der Waals surface area contributed by atoms with Gasteiger partial charge < -0.3 is 14.6 Å². The summed E-state index contributed by atoms with van der Waals surface area (Å²) >= 11 is 0. The quantitative estimate of drug-likeness (QED) is 0.942. The van der Waals surface area contributed by atoms with Gasteiger partial charge in [-0.25, -0.2) is 4.79 Å². The molecule has 0 saturated heterocycles. The minimum Gasteiger partial charge on any atom is -0.465 e. The van der Waals surface area contributed by atoms with Gasteiger partial charge in [0.05, 0.1) is 0 Å². The van der Waals surface area contributed by atoms with Crippen molar-refractivity contribution in [2.75, 3.05) is 0 Å². The molecular weight excluding hydrogens is 280 g/mol. The first-order valence-corrected chi connectivity index (χ1v) is 7.61. The summed E-state index contributed by atoms with van der Waals surface area (Å²) in [6.07, 6.45) is 6.39. The molecule has 1 N–H and O–H groups in total. The molecule has 1 saturated carbocycles. The van der Waals surface area contributed by atoms with Gasteiger partial charge in [0.15, 0.2) is 0 Å². The molecule has 1 fully saturated rings. The van der Waals surface area contributed by atoms with Crippen LogP contribution in [0.4, 0.5) is 4.79 Å². The molecule has 1 aliphatic carbocycles. The Bertz CT molecular complexity index is 600. The third-order valence-electron chi connectivity index (χ3n) is 4.36. The highest BCUT2D eigenvalue weighted by molar-refractivity contribution is 5.65. The van der Waals surface area contributed by atoms with Gasteiger partial charge in [0.2, 0.25) is 0 Å². The Kier molecular flexibility index (Phi) is 4.37. The first-order chi connectivity index (χ1) is 10.7. The molecule has 1 aromatic heterocycles. The van der Waals surface area contributed by atoms with Gasteiger partial charge in [-0.1, -0.05) is 30.3 Å². The predicted octanol–water partition coefficient (Wildman–Crippen LogP) is 2.94. The number of rotatable bonds is 4. The Morgan fingerprint density at radius 1 is 1.23 bits per heavy atom. The predicted molar refractivity (Wildman–Crippen MR) is 81.3 cm³/mol. The topological polar surface area (TPSA) is 71.2 Å². The Morgan fingerprint density at radius 3 is 2.64 bits per heavy atom. The van der Waals surface area contributed by atoms with Crippen LogP contribution in [0.1, 0.15) is 37.3 Å². The molecule has 1 amide bonds. The van der Waals surface area contributed by atoms with Gasteiger partial charge >= 0.3 is 6.09 Å². The largest absolute Gasteiger partial charge is 0.465 e. The third-order valence-corrected chi connectivity index (χ3v) is 4.36. The molecule has 2 aromatic rings. The number of amides is 1. The Morgan fingerprint density at radius 2 is 1.95 bits per heavy atom. The molecule has 6 heteroatoms. The van der Waals surface area contributed by atoms with Gasteiger partial charge in [0, 0.05) is 18.6 Å². The Hall–Kier alpha value is -2.37. The minimum absolute atomic E-state index is 0.0406. The van der Waals surface area contributed by atoms with Crippen LogP contribution in [0.25, 0.3) is 0 Å². The van der Waals surface area contributed by atoms with E-state index in [9.17, 15) is 9.90 Å². The average Bonchev–Trinajstić information content (AvgIpc) is 3.08. The van der Waals surface area contributed by atoms with Crippen molar-refractivity contribution in [3.63, 3.8) is 0 Å². The van der Waals surface area contributed by atoms with Crippen LogP contribution in [0.2, 0.25) is 0 Å². The number of hydrogen-bond donors (Lipinski definition) is 1. The van der Waals surface area contributed by atoms with Gasteiger partial charge in [-0.2, -0.15) is 0 Å². The van der Waals surface area contributed by atoms with E-state index in [0.29, 0.717) is 6.54 Å². The number of hydrogen-bond acceptors (Lipinski definition) is 3. The van der Waals surface area contributed by atoms with Crippen LogP contribution in [-0.2, 0) is 6.54 Å². The molecule has 2 atom stereocenters. The van der Waals surface area contributed by atoms with Gasteiger partial charge in [0.25, 0.3) is 0 Å². The highest BCUT2D eigenvalue weighted by atomic mass is 16.4. The van der Waals surface area contributed by atoms with Crippen LogP contribution < -0.4 is 0 Å². The molecule has 22 heavy (non-hydrogen) atoms. The fourth-order valence-electron chi connectivity index (χ4n) is 3.22. The SMILES string of the molecule is O=C(O)N(Cc1ccccc1)[C@H]1CCC[C@@H](n2cnnc2)C1. The van der Waals surface area contributed by atoms with E-state index >= 15 is 0 Å². The van der Waals surface area contributed by atoms with Crippen LogP contribution in [0.15, 0.2) is 43.0 Å². The fraction of sp³-hybridized carbons (Fsp3) is 0.438. The van der Waals surface area contributed by atoms with Crippen LogP contribution in [-0.4, -0.2) is 36.9 Å². The zero-order chi connectivity index (χ0) is 15.4. The lowest BCUT2D eigenvalue weighted by atomic mass is 9.89. The van der Waals surface area contributed by atoms with Gasteiger partial charge in [0.1, 0.15) is 12.7 Å². The molecule has 0 unspecified atom stereocenters. The Labute approximate surface area is 129 Å². The molecule has 1 aliphatic rings. The lowest BCUT2D eigenvalue weighted by molar-refractivity contribution is 0.0969. The highest BCUT2D eigenvalue weighted by Crippen LogP contribution is 2.31. The van der Waals surface area contributed by atoms with E-state index < -0.39 is 6.09 Å². The number of benzene rings is 1. The molecule has 6 nitrogen and oxygen atoms in total. The van der Waals surface area contributed by atoms with Crippen LogP contribution in [0, 0.1) is 0 Å². The normalized spacial score (nSPS) is 21.5. The summed E-state index contributed by atoms with van der Waals surface area (Å²) in [5.41, 5.74) is 1.02. The zero-order valence-corrected chi connectivity index (χ0v) is 12.4. The number of nitrogens with zero attached hydrogens (tertiary/aromatic N) is 4. The van der Waals surface area contributed by atoms with E-state index in [1.54, 1.807) is 17.6 Å². The molecule has 0 radical (unpaired) electrons. The highest BCUT2D eigenvalue weighted by Gasteiger charge is 2.30. The molecule has 0 spiro atoms. The first-order valence-electron chi connectivity index (χ1n) is 7.61. The van der Waals surface area contributed by atoms with Crippen molar-refractivity contribution >= 4 is 6.09 Å². The maximum Gasteiger partial charge on any atom is 0.407 e. The van der Waals surface area contributed by atoms with E-state index in [1.165, 1.54) is 0 Å². The van der Waals surface area contributed by atoms with Crippen molar-refractivity contribution in [3.05, 3.63) is 48.5 Å². The standard InChI is InChI=1S/C16H20N4O2/c21-16(22)20(10-13-5-2-1-3-6-13)15-8-4-7-14(9-15)19-11-17-18-12-19/h1-3,5-6,11-12,14-15H,4,7-10H2,(H,21,22)/t14-,15+/m1/s1. The maximum atomic E-state index is 11.7. The van der Waals surface area contributed by atoms with Crippen molar-refractivity contribution in [2.45, 2.75) is 44.3 Å². The maximum absolute atomic E-state index is 11.7. The van der Waals surface area contributed by atoms with E-state index in [0.717, 1.165) is 31.2 Å². The van der Waals surface area contributed by atoms with Crippen LogP contribution in [0.3, 0.4) is 0 Å². The number of aromatic nitrogens is 3. The summed E-state index contributed by atoms with van der Waals surface area (Å²) < 4.78 is 1.99. The average molecular weight is 300 g/mol. The fourth-order valence-corrected chi connectivity index (χ4v) is 3.22. The number of carbonyl (C=O) groups is 1. The molecule has 1 heterocycles. The summed E-state index contributed by atoms with van der Waals surface area (Å²) in [6, 6.07) is 10.1. The summed E-state index contributed by atoms with van der Waals surface area (Å²) in [5.74, 6) is 0. The van der Waals surface area contributed by atoms with Crippen molar-refractivity contribution in [1.82, 2.24) is 19.7 Å². The van der Waals surface area contributed by atoms with Gasteiger partial charge in [-0.05, 0) is 31.2 Å². The summed E-state index contributed by atoms with van der Waals surface area (Å²) in [4.78, 5) is 13.3.